The second-order valence-corrected chi connectivity index (χ2v) is 1.91. The maximum atomic E-state index is 10.7. The van der Waals surface area contributed by atoms with E-state index in [0.717, 1.165) is 18.2 Å². The molecule has 0 heterocycles. The van der Waals surface area contributed by atoms with Crippen LogP contribution in [0, 0.1) is 10.1 Å². The number of hydrogen-bond donors (Lipinski definition) is 1. The molecule has 0 fully saturated rings. The highest BCUT2D eigenvalue weighted by atomic mass is 16.6. The van der Waals surface area contributed by atoms with Crippen LogP contribution in [0.25, 0.3) is 0 Å². The van der Waals surface area contributed by atoms with Gasteiger partial charge in [0.2, 0.25) is 0 Å². The molecular weight excluding hydrogens is 150 g/mol. The molecule has 0 aliphatic heterocycles. The Labute approximate surface area is 61.7 Å². The van der Waals surface area contributed by atoms with E-state index in [1.165, 1.54) is 0 Å². The second-order valence-electron chi connectivity index (χ2n) is 1.91. The van der Waals surface area contributed by atoms with Crippen LogP contribution in [0.5, 0.6) is 11.5 Å². The van der Waals surface area contributed by atoms with E-state index in [1.807, 2.05) is 0 Å². The third-order valence-electron chi connectivity index (χ3n) is 1.14. The summed E-state index contributed by atoms with van der Waals surface area (Å²) in [6, 6.07) is 2.88. The first-order valence-corrected chi connectivity index (χ1v) is 2.75. The minimum atomic E-state index is -0.831. The highest BCUT2D eigenvalue weighted by Gasteiger charge is 2.06. The summed E-state index contributed by atoms with van der Waals surface area (Å²) in [5, 5.41) is 29.5. The van der Waals surface area contributed by atoms with Crippen LogP contribution in [0.4, 0.5) is 5.69 Å². The van der Waals surface area contributed by atoms with Crippen molar-refractivity contribution in [2.75, 3.05) is 0 Å². The molecule has 0 saturated carbocycles. The molecule has 1 N–H and O–H groups in total. The van der Waals surface area contributed by atoms with Gasteiger partial charge in [-0.15, -0.1) is 0 Å². The first-order chi connectivity index (χ1) is 5.11. The van der Waals surface area contributed by atoms with Crippen molar-refractivity contribution in [3.8, 4) is 11.5 Å². The van der Waals surface area contributed by atoms with Gasteiger partial charge in [-0.05, 0) is 11.8 Å². The average Bonchev–Trinajstić information content (AvgIpc) is 1.94. The fraction of sp³-hybridized carbons (Fsp3) is 0. The lowest BCUT2D eigenvalue weighted by Gasteiger charge is -2.04. The Morgan fingerprint density at radius 3 is 2.55 bits per heavy atom. The number of nitro benzene ring substituents is 1. The second kappa shape index (κ2) is 2.45. The van der Waals surface area contributed by atoms with Crippen LogP contribution in [-0.4, -0.2) is 10.0 Å². The number of nitro groups is 1. The van der Waals surface area contributed by atoms with E-state index in [4.69, 9.17) is 5.11 Å². The topological polar surface area (TPSA) is 86.4 Å². The Bertz CT molecular complexity index is 297. The van der Waals surface area contributed by atoms with Crippen molar-refractivity contribution in [3.05, 3.63) is 28.3 Å². The molecule has 1 aromatic rings. The number of phenolic OH excluding ortho intramolecular Hbond substituents is 1. The summed E-state index contributed by atoms with van der Waals surface area (Å²) in [5.41, 5.74) is -0.606. The number of phenols is 1. The van der Waals surface area contributed by atoms with Gasteiger partial charge < -0.3 is 10.2 Å². The molecule has 0 spiro atoms. The molecule has 0 saturated heterocycles. The fourth-order valence-corrected chi connectivity index (χ4v) is 0.648. The van der Waals surface area contributed by atoms with Crippen molar-refractivity contribution < 1.29 is 15.1 Å². The fourth-order valence-electron chi connectivity index (χ4n) is 0.648. The zero-order chi connectivity index (χ0) is 8.43. The van der Waals surface area contributed by atoms with Crippen LogP contribution in [0.2, 0.25) is 0 Å². The lowest BCUT2D eigenvalue weighted by atomic mass is 10.3. The Kier molecular flexibility index (Phi) is 1.63. The predicted octanol–water partition coefficient (Wildman–Crippen LogP) is 0.374. The first kappa shape index (κ1) is 7.33. The van der Waals surface area contributed by atoms with Crippen LogP contribution >= 0.6 is 0 Å². The molecule has 0 atom stereocenters. The van der Waals surface area contributed by atoms with Gasteiger partial charge in [-0.3, -0.25) is 10.1 Å². The Morgan fingerprint density at radius 1 is 1.45 bits per heavy atom. The highest BCUT2D eigenvalue weighted by molar-refractivity contribution is 5.48. The van der Waals surface area contributed by atoms with E-state index in [2.05, 4.69) is 0 Å². The molecule has 0 aromatic heterocycles. The molecule has 0 aliphatic carbocycles. The lowest BCUT2D eigenvalue weighted by molar-refractivity contribution is -0.398. The van der Waals surface area contributed by atoms with Gasteiger partial charge in [0.25, 0.3) is 5.69 Å². The van der Waals surface area contributed by atoms with Crippen molar-refractivity contribution >= 4 is 5.69 Å². The number of aromatic hydroxyl groups is 1. The molecule has 0 aliphatic rings. The van der Waals surface area contributed by atoms with Crippen molar-refractivity contribution in [2.45, 2.75) is 0 Å². The minimum absolute atomic E-state index is 0.281. The third-order valence-corrected chi connectivity index (χ3v) is 1.14. The molecule has 0 radical (unpaired) electrons. The molecule has 0 unspecified atom stereocenters. The number of rotatable bonds is 1. The van der Waals surface area contributed by atoms with Gasteiger partial charge in [0.1, 0.15) is 5.75 Å². The molecule has 5 heteroatoms. The standard InChI is InChI=1S/C6H5NO4/c8-4-1-2-6(9)5(3-4)7(10)11/h1-3,8-9H/p-1. The lowest BCUT2D eigenvalue weighted by Crippen LogP contribution is -1.96. The minimum Gasteiger partial charge on any atom is -0.868 e. The summed E-state index contributed by atoms with van der Waals surface area (Å²) in [7, 11) is 0. The van der Waals surface area contributed by atoms with E-state index in [-0.39, 0.29) is 5.75 Å². The Balaban J connectivity index is 3.23. The first-order valence-electron chi connectivity index (χ1n) is 2.75. The normalized spacial score (nSPS) is 9.45. The van der Waals surface area contributed by atoms with E-state index in [9.17, 15) is 15.2 Å². The Morgan fingerprint density at radius 2 is 2.09 bits per heavy atom. The van der Waals surface area contributed by atoms with Crippen molar-refractivity contribution in [3.63, 3.8) is 0 Å². The third kappa shape index (κ3) is 1.37. The predicted molar refractivity (Wildman–Crippen MR) is 34.2 cm³/mol. The van der Waals surface area contributed by atoms with Crippen LogP contribution in [0.1, 0.15) is 0 Å². The smallest absolute Gasteiger partial charge is 0.265 e. The molecular formula is C6H4NO4-. The maximum absolute atomic E-state index is 10.7. The van der Waals surface area contributed by atoms with Crippen molar-refractivity contribution in [2.24, 2.45) is 0 Å². The van der Waals surface area contributed by atoms with Gasteiger partial charge in [-0.25, -0.2) is 0 Å². The van der Waals surface area contributed by atoms with Gasteiger partial charge in [0, 0.05) is 0 Å². The van der Waals surface area contributed by atoms with Gasteiger partial charge >= 0.3 is 0 Å². The van der Waals surface area contributed by atoms with Crippen molar-refractivity contribution in [1.82, 2.24) is 0 Å². The average molecular weight is 154 g/mol. The largest absolute Gasteiger partial charge is 0.868 e. The molecule has 0 bridgehead atoms. The molecule has 0 amide bonds. The SMILES string of the molecule is O=[N+]([O-])c1cc(O)ccc1[O-]. The summed E-state index contributed by atoms with van der Waals surface area (Å²) in [4.78, 5) is 9.24. The summed E-state index contributed by atoms with van der Waals surface area (Å²) < 4.78 is 0. The zero-order valence-electron chi connectivity index (χ0n) is 5.35. The van der Waals surface area contributed by atoms with Crippen LogP contribution in [0.15, 0.2) is 18.2 Å². The van der Waals surface area contributed by atoms with Crippen LogP contribution < -0.4 is 5.11 Å². The summed E-state index contributed by atoms with van der Waals surface area (Å²) in [6.07, 6.45) is 0. The zero-order valence-corrected chi connectivity index (χ0v) is 5.35. The number of hydrogen-bond acceptors (Lipinski definition) is 4. The van der Waals surface area contributed by atoms with Crippen LogP contribution in [0.3, 0.4) is 0 Å². The van der Waals surface area contributed by atoms with Crippen LogP contribution in [-0.2, 0) is 0 Å². The molecule has 11 heavy (non-hydrogen) atoms. The molecule has 5 nitrogen and oxygen atoms in total. The van der Waals surface area contributed by atoms with Gasteiger partial charge in [0.15, 0.2) is 0 Å². The van der Waals surface area contributed by atoms with Gasteiger partial charge in [-0.2, -0.15) is 0 Å². The molecule has 58 valence electrons. The molecule has 1 aromatic carbocycles. The van der Waals surface area contributed by atoms with Crippen molar-refractivity contribution in [1.29, 1.82) is 0 Å². The summed E-state index contributed by atoms with van der Waals surface area (Å²) >= 11 is 0. The monoisotopic (exact) mass is 154 g/mol. The van der Waals surface area contributed by atoms with E-state index in [0.29, 0.717) is 0 Å². The van der Waals surface area contributed by atoms with Gasteiger partial charge in [0.05, 0.1) is 11.0 Å². The van der Waals surface area contributed by atoms with E-state index in [1.54, 1.807) is 0 Å². The Hall–Kier alpha value is -1.78. The van der Waals surface area contributed by atoms with E-state index < -0.39 is 16.4 Å². The van der Waals surface area contributed by atoms with Gasteiger partial charge in [-0.1, -0.05) is 6.07 Å². The quantitative estimate of drug-likeness (QED) is 0.467. The summed E-state index contributed by atoms with van der Waals surface area (Å²) in [6.45, 7) is 0. The van der Waals surface area contributed by atoms with E-state index >= 15 is 0 Å². The summed E-state index contributed by atoms with van der Waals surface area (Å²) in [5.74, 6) is -0.982. The number of nitrogens with zero attached hydrogens (tertiary/aromatic N) is 1. The molecule has 1 rings (SSSR count). The maximum Gasteiger partial charge on any atom is 0.265 e. The highest BCUT2D eigenvalue weighted by Crippen LogP contribution is 2.26. The number of benzene rings is 1.